The van der Waals surface area contributed by atoms with Crippen molar-refractivity contribution in [2.45, 2.75) is 52.5 Å². The van der Waals surface area contributed by atoms with Gasteiger partial charge >= 0.3 is 0 Å². The van der Waals surface area contributed by atoms with E-state index in [1.807, 2.05) is 55.5 Å². The highest BCUT2D eigenvalue weighted by Gasteiger charge is 2.26. The first-order chi connectivity index (χ1) is 14.4. The number of carbonyl (C=O) groups excluding carboxylic acids is 2. The minimum absolute atomic E-state index is 0.00241. The first-order valence-electron chi connectivity index (χ1n) is 10.8. The van der Waals surface area contributed by atoms with Crippen LogP contribution in [0.15, 0.2) is 48.5 Å². The van der Waals surface area contributed by atoms with Gasteiger partial charge in [0.1, 0.15) is 5.75 Å². The Morgan fingerprint density at radius 1 is 1.13 bits per heavy atom. The lowest BCUT2D eigenvalue weighted by atomic mass is 9.89. The van der Waals surface area contributed by atoms with Crippen molar-refractivity contribution >= 4 is 17.5 Å². The molecule has 2 N–H and O–H groups in total. The normalized spacial score (nSPS) is 16.5. The van der Waals surface area contributed by atoms with Gasteiger partial charge in [-0.25, -0.2) is 0 Å². The summed E-state index contributed by atoms with van der Waals surface area (Å²) in [6, 6.07) is 15.6. The molecule has 0 aromatic heterocycles. The molecule has 1 heterocycles. The summed E-state index contributed by atoms with van der Waals surface area (Å²) in [5, 5.41) is 5.98. The maximum Gasteiger partial charge on any atom is 0.227 e. The van der Waals surface area contributed by atoms with Gasteiger partial charge < -0.3 is 15.4 Å². The van der Waals surface area contributed by atoms with Crippen molar-refractivity contribution < 1.29 is 14.3 Å². The van der Waals surface area contributed by atoms with E-state index in [4.69, 9.17) is 4.74 Å². The van der Waals surface area contributed by atoms with Gasteiger partial charge in [0.15, 0.2) is 0 Å². The molecule has 2 aromatic carbocycles. The van der Waals surface area contributed by atoms with Gasteiger partial charge in [0.2, 0.25) is 11.8 Å². The van der Waals surface area contributed by atoms with Crippen LogP contribution in [-0.4, -0.2) is 18.4 Å². The number of amides is 2. The Kier molecular flexibility index (Phi) is 7.50. The molecule has 0 bridgehead atoms. The zero-order valence-corrected chi connectivity index (χ0v) is 18.1. The Bertz CT molecular complexity index is 861. The van der Waals surface area contributed by atoms with Crippen LogP contribution in [0.4, 0.5) is 5.69 Å². The van der Waals surface area contributed by atoms with E-state index >= 15 is 0 Å². The van der Waals surface area contributed by atoms with Gasteiger partial charge in [-0.1, -0.05) is 44.2 Å². The third kappa shape index (κ3) is 6.09. The van der Waals surface area contributed by atoms with Crippen LogP contribution in [0.3, 0.4) is 0 Å². The third-order valence-corrected chi connectivity index (χ3v) is 5.55. The largest absolute Gasteiger partial charge is 0.494 e. The number of hydrogen-bond donors (Lipinski definition) is 2. The molecule has 1 aliphatic rings. The number of ether oxygens (including phenoxy) is 1. The minimum atomic E-state index is -0.164. The van der Waals surface area contributed by atoms with Crippen molar-refractivity contribution in [1.82, 2.24) is 5.32 Å². The average Bonchev–Trinajstić information content (AvgIpc) is 2.72. The molecule has 0 fully saturated rings. The molecule has 2 unspecified atom stereocenters. The quantitative estimate of drug-likeness (QED) is 0.621. The molecule has 0 aliphatic carbocycles. The standard InChI is InChI=1S/C25H32N2O3/c1-17(2)14-15-30-22-11-8-19(9-12-22)18(3)26-24(28)13-10-21-16-20-6-4-5-7-23(20)27-25(21)29/h4-9,11-12,17-18,21H,10,13-16H2,1-3H3,(H,26,28)(H,27,29). The van der Waals surface area contributed by atoms with Crippen LogP contribution < -0.4 is 15.4 Å². The molecular weight excluding hydrogens is 376 g/mol. The van der Waals surface area contributed by atoms with E-state index in [2.05, 4.69) is 24.5 Å². The van der Waals surface area contributed by atoms with Crippen LogP contribution in [0.1, 0.15) is 57.2 Å². The van der Waals surface area contributed by atoms with Crippen LogP contribution in [-0.2, 0) is 16.0 Å². The highest BCUT2D eigenvalue weighted by atomic mass is 16.5. The smallest absolute Gasteiger partial charge is 0.227 e. The number of hydrogen-bond acceptors (Lipinski definition) is 3. The first kappa shape index (κ1) is 21.9. The van der Waals surface area contributed by atoms with E-state index in [9.17, 15) is 9.59 Å². The predicted octanol–water partition coefficient (Wildman–Crippen LogP) is 4.88. The summed E-state index contributed by atoms with van der Waals surface area (Å²) in [5.41, 5.74) is 3.05. The number of anilines is 1. The molecule has 0 spiro atoms. The number of nitrogens with one attached hydrogen (secondary N) is 2. The summed E-state index contributed by atoms with van der Waals surface area (Å²) in [6.07, 6.45) is 2.59. The minimum Gasteiger partial charge on any atom is -0.494 e. The second-order valence-electron chi connectivity index (χ2n) is 8.48. The summed E-state index contributed by atoms with van der Waals surface area (Å²) in [5.74, 6) is 1.27. The first-order valence-corrected chi connectivity index (χ1v) is 10.8. The lowest BCUT2D eigenvalue weighted by Gasteiger charge is -2.24. The molecule has 5 heteroatoms. The molecule has 3 rings (SSSR count). The van der Waals surface area contributed by atoms with Gasteiger partial charge in [0.25, 0.3) is 0 Å². The number of carbonyl (C=O) groups is 2. The molecule has 160 valence electrons. The van der Waals surface area contributed by atoms with E-state index in [1.165, 1.54) is 0 Å². The summed E-state index contributed by atoms with van der Waals surface area (Å²) in [4.78, 5) is 24.7. The van der Waals surface area contributed by atoms with Crippen LogP contribution in [0.25, 0.3) is 0 Å². The fourth-order valence-electron chi connectivity index (χ4n) is 3.61. The Labute approximate surface area is 179 Å². The summed E-state index contributed by atoms with van der Waals surface area (Å²) >= 11 is 0. The topological polar surface area (TPSA) is 67.4 Å². The lowest BCUT2D eigenvalue weighted by Crippen LogP contribution is -2.32. The number of fused-ring (bicyclic) bond motifs is 1. The second-order valence-corrected chi connectivity index (χ2v) is 8.48. The van der Waals surface area contributed by atoms with E-state index in [1.54, 1.807) is 0 Å². The molecule has 5 nitrogen and oxygen atoms in total. The molecule has 2 atom stereocenters. The predicted molar refractivity (Wildman–Crippen MR) is 119 cm³/mol. The monoisotopic (exact) mass is 408 g/mol. The van der Waals surface area contributed by atoms with Crippen LogP contribution in [0.2, 0.25) is 0 Å². The molecular formula is C25H32N2O3. The van der Waals surface area contributed by atoms with E-state index < -0.39 is 0 Å². The van der Waals surface area contributed by atoms with Crippen LogP contribution in [0.5, 0.6) is 5.75 Å². The summed E-state index contributed by atoms with van der Waals surface area (Å²) in [6.45, 7) is 7.03. The maximum absolute atomic E-state index is 12.4. The molecule has 2 amide bonds. The molecule has 1 aliphatic heterocycles. The van der Waals surface area contributed by atoms with Crippen molar-refractivity contribution in [3.8, 4) is 5.75 Å². The highest BCUT2D eigenvalue weighted by Crippen LogP contribution is 2.27. The van der Waals surface area contributed by atoms with Crippen molar-refractivity contribution in [3.63, 3.8) is 0 Å². The third-order valence-electron chi connectivity index (χ3n) is 5.55. The Morgan fingerprint density at radius 2 is 1.87 bits per heavy atom. The Balaban J connectivity index is 1.45. The zero-order valence-electron chi connectivity index (χ0n) is 18.1. The highest BCUT2D eigenvalue weighted by molar-refractivity contribution is 5.96. The van der Waals surface area contributed by atoms with E-state index in [-0.39, 0.29) is 23.8 Å². The average molecular weight is 409 g/mol. The van der Waals surface area contributed by atoms with Crippen molar-refractivity contribution in [2.24, 2.45) is 11.8 Å². The van der Waals surface area contributed by atoms with Gasteiger partial charge in [0, 0.05) is 18.0 Å². The molecule has 0 radical (unpaired) electrons. The van der Waals surface area contributed by atoms with E-state index in [0.717, 1.165) is 29.0 Å². The van der Waals surface area contributed by atoms with Gasteiger partial charge in [-0.15, -0.1) is 0 Å². The van der Waals surface area contributed by atoms with Crippen molar-refractivity contribution in [1.29, 1.82) is 0 Å². The van der Waals surface area contributed by atoms with Gasteiger partial charge in [-0.05, 0) is 61.4 Å². The summed E-state index contributed by atoms with van der Waals surface area (Å²) < 4.78 is 5.75. The number of rotatable bonds is 9. The molecule has 2 aromatic rings. The fraction of sp³-hybridized carbons (Fsp3) is 0.440. The van der Waals surface area contributed by atoms with Crippen molar-refractivity contribution in [2.75, 3.05) is 11.9 Å². The van der Waals surface area contributed by atoms with E-state index in [0.29, 0.717) is 31.8 Å². The Hall–Kier alpha value is -2.82. The van der Waals surface area contributed by atoms with Gasteiger partial charge in [0.05, 0.1) is 12.6 Å². The number of para-hydroxylation sites is 1. The Morgan fingerprint density at radius 3 is 2.60 bits per heavy atom. The lowest BCUT2D eigenvalue weighted by molar-refractivity contribution is -0.123. The van der Waals surface area contributed by atoms with Crippen LogP contribution in [0, 0.1) is 11.8 Å². The molecule has 0 saturated heterocycles. The van der Waals surface area contributed by atoms with Gasteiger partial charge in [-0.2, -0.15) is 0 Å². The SMILES string of the molecule is CC(C)CCOc1ccc(C(C)NC(=O)CCC2Cc3ccccc3NC2=O)cc1. The van der Waals surface area contributed by atoms with Crippen molar-refractivity contribution in [3.05, 3.63) is 59.7 Å². The van der Waals surface area contributed by atoms with Crippen LogP contribution >= 0.6 is 0 Å². The maximum atomic E-state index is 12.4. The molecule has 0 saturated carbocycles. The zero-order chi connectivity index (χ0) is 21.5. The van der Waals surface area contributed by atoms with Gasteiger partial charge in [-0.3, -0.25) is 9.59 Å². The number of benzene rings is 2. The fourth-order valence-corrected chi connectivity index (χ4v) is 3.61. The summed E-state index contributed by atoms with van der Waals surface area (Å²) in [7, 11) is 0. The molecule has 30 heavy (non-hydrogen) atoms. The second kappa shape index (κ2) is 10.3.